The molecule has 0 unspecified atom stereocenters. The number of hydrogen-bond donors (Lipinski definition) is 1. The van der Waals surface area contributed by atoms with E-state index in [4.69, 9.17) is 0 Å². The van der Waals surface area contributed by atoms with E-state index in [0.29, 0.717) is 19.5 Å². The lowest BCUT2D eigenvalue weighted by Gasteiger charge is -2.38. The second-order valence-electron chi connectivity index (χ2n) is 9.03. The van der Waals surface area contributed by atoms with Gasteiger partial charge in [0.05, 0.1) is 0 Å². The third kappa shape index (κ3) is 3.44. The number of aryl methyl sites for hydroxylation is 1. The summed E-state index contributed by atoms with van der Waals surface area (Å²) in [4.78, 5) is 43.8. The number of nitrogens with one attached hydrogen (secondary N) is 1. The van der Waals surface area contributed by atoms with Gasteiger partial charge in [-0.3, -0.25) is 14.5 Å². The number of piperazine rings is 1. The molecular formula is C23H32N4O3. The molecule has 2 aliphatic heterocycles. The molecule has 30 heavy (non-hydrogen) atoms. The van der Waals surface area contributed by atoms with Gasteiger partial charge in [0.2, 0.25) is 5.91 Å². The molecular weight excluding hydrogens is 380 g/mol. The molecule has 0 radical (unpaired) electrons. The third-order valence-corrected chi connectivity index (χ3v) is 7.34. The number of nitrogens with zero attached hydrogens (tertiary/aromatic N) is 3. The van der Waals surface area contributed by atoms with Crippen molar-refractivity contribution in [3.63, 3.8) is 0 Å². The molecule has 162 valence electrons. The van der Waals surface area contributed by atoms with Gasteiger partial charge in [0, 0.05) is 31.9 Å². The van der Waals surface area contributed by atoms with Crippen LogP contribution in [-0.4, -0.2) is 65.9 Å². The first-order valence-corrected chi connectivity index (χ1v) is 11.1. The molecule has 1 aromatic rings. The van der Waals surface area contributed by atoms with Crippen LogP contribution >= 0.6 is 0 Å². The van der Waals surface area contributed by atoms with Crippen LogP contribution in [0.3, 0.4) is 0 Å². The van der Waals surface area contributed by atoms with Crippen LogP contribution in [0.4, 0.5) is 10.5 Å². The quantitative estimate of drug-likeness (QED) is 0.774. The second kappa shape index (κ2) is 7.93. The highest BCUT2D eigenvalue weighted by Gasteiger charge is 2.55. The molecule has 1 saturated carbocycles. The SMILES string of the molecule is Cc1cccc(N2CCN(C(=O)CN3C(=O)N[C@@]4(CCCC[C@@H]4C)C3=O)CC2)c1C. The normalized spacial score (nSPS) is 27.0. The fourth-order valence-corrected chi connectivity index (χ4v) is 5.15. The first kappa shape index (κ1) is 20.7. The van der Waals surface area contributed by atoms with Gasteiger partial charge in [-0.05, 0) is 49.8 Å². The number of carbonyl (C=O) groups excluding carboxylic acids is 3. The standard InChI is InChI=1S/C23H32N4O3/c1-16-7-6-9-19(18(16)3)25-11-13-26(14-12-25)20(28)15-27-21(29)23(24-22(27)30)10-5-4-8-17(23)2/h6-7,9,17H,4-5,8,10-15H2,1-3H3,(H,24,30)/t17-,23+/m0/s1. The molecule has 3 fully saturated rings. The Bertz CT molecular complexity index is 862. The Hall–Kier alpha value is -2.57. The van der Waals surface area contributed by atoms with Gasteiger partial charge in [-0.25, -0.2) is 4.79 Å². The van der Waals surface area contributed by atoms with Gasteiger partial charge in [0.15, 0.2) is 0 Å². The number of carbonyl (C=O) groups is 3. The Balaban J connectivity index is 1.38. The van der Waals surface area contributed by atoms with Crippen LogP contribution in [0.5, 0.6) is 0 Å². The summed E-state index contributed by atoms with van der Waals surface area (Å²) in [6.07, 6.45) is 3.60. The van der Waals surface area contributed by atoms with Crippen LogP contribution in [0.2, 0.25) is 0 Å². The maximum Gasteiger partial charge on any atom is 0.325 e. The maximum atomic E-state index is 13.1. The number of urea groups is 1. The Labute approximate surface area is 178 Å². The molecule has 7 nitrogen and oxygen atoms in total. The average molecular weight is 413 g/mol. The summed E-state index contributed by atoms with van der Waals surface area (Å²) in [7, 11) is 0. The van der Waals surface area contributed by atoms with Crippen molar-refractivity contribution in [3.05, 3.63) is 29.3 Å². The van der Waals surface area contributed by atoms with Crippen molar-refractivity contribution in [2.24, 2.45) is 5.92 Å². The van der Waals surface area contributed by atoms with Crippen LogP contribution in [0.15, 0.2) is 18.2 Å². The Morgan fingerprint density at radius 1 is 1.13 bits per heavy atom. The second-order valence-corrected chi connectivity index (χ2v) is 9.03. The summed E-state index contributed by atoms with van der Waals surface area (Å²) < 4.78 is 0. The number of imide groups is 1. The summed E-state index contributed by atoms with van der Waals surface area (Å²) >= 11 is 0. The molecule has 0 bridgehead atoms. The number of amides is 4. The molecule has 2 atom stereocenters. The molecule has 0 aromatic heterocycles. The van der Waals surface area contributed by atoms with Crippen molar-refractivity contribution >= 4 is 23.5 Å². The number of benzene rings is 1. The van der Waals surface area contributed by atoms with E-state index >= 15 is 0 Å². The van der Waals surface area contributed by atoms with E-state index in [1.807, 2.05) is 6.92 Å². The van der Waals surface area contributed by atoms with Crippen molar-refractivity contribution in [1.82, 2.24) is 15.1 Å². The van der Waals surface area contributed by atoms with E-state index in [2.05, 4.69) is 42.3 Å². The zero-order valence-corrected chi connectivity index (χ0v) is 18.2. The molecule has 1 spiro atoms. The summed E-state index contributed by atoms with van der Waals surface area (Å²) in [6.45, 7) is 8.78. The minimum absolute atomic E-state index is 0.101. The number of hydrogen-bond acceptors (Lipinski definition) is 4. The van der Waals surface area contributed by atoms with Crippen molar-refractivity contribution in [2.45, 2.75) is 52.0 Å². The van der Waals surface area contributed by atoms with Crippen LogP contribution in [0, 0.1) is 19.8 Å². The van der Waals surface area contributed by atoms with Crippen LogP contribution < -0.4 is 10.2 Å². The smallest absolute Gasteiger partial charge is 0.325 e. The lowest BCUT2D eigenvalue weighted by atomic mass is 9.73. The van der Waals surface area contributed by atoms with Gasteiger partial charge in [-0.1, -0.05) is 31.9 Å². The number of rotatable bonds is 3. The molecule has 3 aliphatic rings. The minimum Gasteiger partial charge on any atom is -0.368 e. The molecule has 1 N–H and O–H groups in total. The monoisotopic (exact) mass is 412 g/mol. The minimum atomic E-state index is -0.809. The highest BCUT2D eigenvalue weighted by molar-refractivity contribution is 6.09. The molecule has 7 heteroatoms. The largest absolute Gasteiger partial charge is 0.368 e. The Kier molecular flexibility index (Phi) is 5.47. The van der Waals surface area contributed by atoms with Gasteiger partial charge in [-0.15, -0.1) is 0 Å². The molecule has 1 aliphatic carbocycles. The summed E-state index contributed by atoms with van der Waals surface area (Å²) in [5, 5.41) is 2.93. The molecule has 1 aromatic carbocycles. The van der Waals surface area contributed by atoms with Crippen molar-refractivity contribution in [2.75, 3.05) is 37.6 Å². The summed E-state index contributed by atoms with van der Waals surface area (Å²) in [5.41, 5.74) is 2.93. The van der Waals surface area contributed by atoms with E-state index in [0.717, 1.165) is 37.3 Å². The van der Waals surface area contributed by atoms with Crippen molar-refractivity contribution < 1.29 is 14.4 Å². The van der Waals surface area contributed by atoms with E-state index in [1.165, 1.54) is 16.8 Å². The van der Waals surface area contributed by atoms with Crippen molar-refractivity contribution in [1.29, 1.82) is 0 Å². The van der Waals surface area contributed by atoms with Crippen LogP contribution in [0.25, 0.3) is 0 Å². The topological polar surface area (TPSA) is 73.0 Å². The average Bonchev–Trinajstić information content (AvgIpc) is 2.97. The highest BCUT2D eigenvalue weighted by Crippen LogP contribution is 2.38. The maximum absolute atomic E-state index is 13.1. The van der Waals surface area contributed by atoms with Crippen LogP contribution in [-0.2, 0) is 9.59 Å². The first-order valence-electron chi connectivity index (χ1n) is 11.1. The molecule has 4 rings (SSSR count). The predicted octanol–water partition coefficient (Wildman–Crippen LogP) is 2.45. The van der Waals surface area contributed by atoms with Gasteiger partial charge in [-0.2, -0.15) is 0 Å². The summed E-state index contributed by atoms with van der Waals surface area (Å²) in [5.74, 6) is -0.273. The fraction of sp³-hybridized carbons (Fsp3) is 0.609. The predicted molar refractivity (Wildman–Crippen MR) is 115 cm³/mol. The highest BCUT2D eigenvalue weighted by atomic mass is 16.2. The Morgan fingerprint density at radius 2 is 1.87 bits per heavy atom. The van der Waals surface area contributed by atoms with E-state index < -0.39 is 11.6 Å². The van der Waals surface area contributed by atoms with Gasteiger partial charge in [0.25, 0.3) is 5.91 Å². The zero-order chi connectivity index (χ0) is 21.5. The van der Waals surface area contributed by atoms with Gasteiger partial charge < -0.3 is 15.1 Å². The van der Waals surface area contributed by atoms with E-state index in [9.17, 15) is 14.4 Å². The third-order valence-electron chi connectivity index (χ3n) is 7.34. The molecule has 2 saturated heterocycles. The Morgan fingerprint density at radius 3 is 2.57 bits per heavy atom. The molecule has 2 heterocycles. The fourth-order valence-electron chi connectivity index (χ4n) is 5.15. The molecule has 4 amide bonds. The van der Waals surface area contributed by atoms with Crippen molar-refractivity contribution in [3.8, 4) is 0 Å². The summed E-state index contributed by atoms with van der Waals surface area (Å²) in [6, 6.07) is 5.87. The lowest BCUT2D eigenvalue weighted by molar-refractivity contribution is -0.140. The van der Waals surface area contributed by atoms with Gasteiger partial charge in [0.1, 0.15) is 12.1 Å². The lowest BCUT2D eigenvalue weighted by Crippen LogP contribution is -2.55. The van der Waals surface area contributed by atoms with E-state index in [-0.39, 0.29) is 24.3 Å². The van der Waals surface area contributed by atoms with E-state index in [1.54, 1.807) is 4.90 Å². The number of anilines is 1. The van der Waals surface area contributed by atoms with Crippen LogP contribution in [0.1, 0.15) is 43.7 Å². The zero-order valence-electron chi connectivity index (χ0n) is 18.2. The first-order chi connectivity index (χ1) is 14.3. The van der Waals surface area contributed by atoms with Gasteiger partial charge >= 0.3 is 6.03 Å².